The molecule has 0 atom stereocenters. The molecule has 0 radical (unpaired) electrons. The van der Waals surface area contributed by atoms with Crippen LogP contribution in [0.2, 0.25) is 0 Å². The fourth-order valence-electron chi connectivity index (χ4n) is 3.10. The highest BCUT2D eigenvalue weighted by atomic mass is 79.9. The number of halogens is 2. The Labute approximate surface area is 185 Å². The van der Waals surface area contributed by atoms with Crippen molar-refractivity contribution in [2.24, 2.45) is 0 Å². The number of allylic oxidation sites excluding steroid dienone is 1. The van der Waals surface area contributed by atoms with E-state index in [4.69, 9.17) is 9.47 Å². The van der Waals surface area contributed by atoms with Crippen LogP contribution in [-0.4, -0.2) is 12.4 Å². The zero-order valence-corrected chi connectivity index (χ0v) is 18.1. The molecule has 1 aliphatic heterocycles. The lowest BCUT2D eigenvalue weighted by Crippen LogP contribution is -3.00. The van der Waals surface area contributed by atoms with Crippen molar-refractivity contribution in [3.63, 3.8) is 0 Å². The zero-order valence-electron chi connectivity index (χ0n) is 16.5. The number of benzene rings is 2. The van der Waals surface area contributed by atoms with Crippen LogP contribution in [-0.2, 0) is 6.54 Å². The SMILES string of the molecule is CCCOc1ccc2c(c1)O/C(=C\c1cc[n+](Cc3ccc(F)cc3)cc1)C2=O.[Br-]. The van der Waals surface area contributed by atoms with Crippen molar-refractivity contribution in [2.45, 2.75) is 19.9 Å². The molecule has 0 unspecified atom stereocenters. The number of ketones is 1. The number of carbonyl (C=O) groups is 1. The molecule has 3 aromatic rings. The number of rotatable bonds is 6. The van der Waals surface area contributed by atoms with Gasteiger partial charge in [0.15, 0.2) is 24.7 Å². The maximum atomic E-state index is 13.0. The van der Waals surface area contributed by atoms with Crippen molar-refractivity contribution >= 4 is 11.9 Å². The second-order valence-electron chi connectivity index (χ2n) is 6.88. The summed E-state index contributed by atoms with van der Waals surface area (Å²) in [4.78, 5) is 12.6. The van der Waals surface area contributed by atoms with E-state index in [1.165, 1.54) is 12.1 Å². The molecule has 1 aromatic heterocycles. The standard InChI is InChI=1S/C24H21FNO3.BrH/c1-2-13-28-20-7-8-21-22(15-20)29-23(24(21)27)14-17-9-11-26(12-10-17)16-18-3-5-19(25)6-4-18;/h3-12,14-15H,2,13,16H2,1H3;1H/q+1;/p-1/b23-14-;. The Morgan fingerprint density at radius 1 is 1.07 bits per heavy atom. The molecule has 4 nitrogen and oxygen atoms in total. The van der Waals surface area contributed by atoms with Crippen LogP contribution in [0.4, 0.5) is 4.39 Å². The van der Waals surface area contributed by atoms with Gasteiger partial charge in [-0.3, -0.25) is 4.79 Å². The van der Waals surface area contributed by atoms with Gasteiger partial charge in [-0.2, -0.15) is 0 Å². The lowest BCUT2D eigenvalue weighted by atomic mass is 10.1. The first-order chi connectivity index (χ1) is 14.1. The summed E-state index contributed by atoms with van der Waals surface area (Å²) in [5, 5.41) is 0. The van der Waals surface area contributed by atoms with Gasteiger partial charge in [-0.05, 0) is 54.5 Å². The lowest BCUT2D eigenvalue weighted by molar-refractivity contribution is -0.688. The topological polar surface area (TPSA) is 39.4 Å². The highest BCUT2D eigenvalue weighted by Crippen LogP contribution is 2.34. The molecule has 1 aliphatic rings. The third-order valence-electron chi connectivity index (χ3n) is 4.61. The Balaban J connectivity index is 0.00000256. The molecule has 0 bridgehead atoms. The summed E-state index contributed by atoms with van der Waals surface area (Å²) >= 11 is 0. The molecule has 4 rings (SSSR count). The minimum Gasteiger partial charge on any atom is -1.00 e. The maximum absolute atomic E-state index is 13.0. The number of ether oxygens (including phenoxy) is 2. The summed E-state index contributed by atoms with van der Waals surface area (Å²) in [5.74, 6) is 1.14. The van der Waals surface area contributed by atoms with Crippen molar-refractivity contribution in [3.8, 4) is 11.5 Å². The Morgan fingerprint density at radius 3 is 2.50 bits per heavy atom. The largest absolute Gasteiger partial charge is 1.00 e. The third-order valence-corrected chi connectivity index (χ3v) is 4.61. The van der Waals surface area contributed by atoms with Gasteiger partial charge in [-0.15, -0.1) is 0 Å². The first kappa shape index (κ1) is 21.7. The summed E-state index contributed by atoms with van der Waals surface area (Å²) in [7, 11) is 0. The maximum Gasteiger partial charge on any atom is 0.231 e. The van der Waals surface area contributed by atoms with Gasteiger partial charge in [0, 0.05) is 23.8 Å². The third kappa shape index (κ3) is 4.94. The first-order valence-electron chi connectivity index (χ1n) is 9.57. The van der Waals surface area contributed by atoms with Crippen molar-refractivity contribution in [2.75, 3.05) is 6.61 Å². The van der Waals surface area contributed by atoms with Crippen LogP contribution in [0.5, 0.6) is 11.5 Å². The van der Waals surface area contributed by atoms with Crippen LogP contribution in [0, 0.1) is 5.82 Å². The smallest absolute Gasteiger partial charge is 0.231 e. The number of hydrogen-bond donors (Lipinski definition) is 0. The van der Waals surface area contributed by atoms with E-state index in [0.717, 1.165) is 17.5 Å². The van der Waals surface area contributed by atoms with Crippen LogP contribution in [0.15, 0.2) is 72.8 Å². The molecule has 0 fully saturated rings. The first-order valence-corrected chi connectivity index (χ1v) is 9.57. The molecule has 0 N–H and O–H groups in total. The fourth-order valence-corrected chi connectivity index (χ4v) is 3.10. The number of Topliss-reactive ketones (excluding diaryl/α,β-unsaturated/α-hetero) is 1. The van der Waals surface area contributed by atoms with Crippen LogP contribution >= 0.6 is 0 Å². The minimum atomic E-state index is -0.244. The molecule has 0 saturated heterocycles. The molecule has 2 heterocycles. The average Bonchev–Trinajstić information content (AvgIpc) is 3.04. The van der Waals surface area contributed by atoms with Crippen molar-refractivity contribution in [3.05, 3.63) is 95.3 Å². The van der Waals surface area contributed by atoms with Gasteiger partial charge in [0.1, 0.15) is 17.3 Å². The van der Waals surface area contributed by atoms with Crippen LogP contribution in [0.1, 0.15) is 34.8 Å². The van der Waals surface area contributed by atoms with Crippen molar-refractivity contribution in [1.82, 2.24) is 0 Å². The molecule has 0 saturated carbocycles. The molecule has 0 aliphatic carbocycles. The van der Waals surface area contributed by atoms with Crippen molar-refractivity contribution in [1.29, 1.82) is 0 Å². The molecule has 0 amide bonds. The number of pyridine rings is 1. The summed E-state index contributed by atoms with van der Waals surface area (Å²) in [6.45, 7) is 3.30. The van der Waals surface area contributed by atoms with Crippen LogP contribution in [0.25, 0.3) is 6.08 Å². The highest BCUT2D eigenvalue weighted by molar-refractivity contribution is 6.14. The molecular formula is C24H21BrFNO3. The normalized spacial score (nSPS) is 13.5. The number of carbonyl (C=O) groups excluding carboxylic acids is 1. The van der Waals surface area contributed by atoms with Gasteiger partial charge < -0.3 is 26.5 Å². The monoisotopic (exact) mass is 469 g/mol. The highest BCUT2D eigenvalue weighted by Gasteiger charge is 2.27. The quantitative estimate of drug-likeness (QED) is 0.406. The number of hydrogen-bond acceptors (Lipinski definition) is 3. The van der Waals surface area contributed by atoms with Crippen LogP contribution < -0.4 is 31.0 Å². The number of nitrogens with zero attached hydrogens (tertiary/aromatic N) is 1. The Bertz CT molecular complexity index is 1060. The van der Waals surface area contributed by atoms with E-state index < -0.39 is 0 Å². The second kappa shape index (κ2) is 9.67. The van der Waals surface area contributed by atoms with Gasteiger partial charge >= 0.3 is 0 Å². The second-order valence-corrected chi connectivity index (χ2v) is 6.88. The van der Waals surface area contributed by atoms with E-state index in [-0.39, 0.29) is 28.6 Å². The fraction of sp³-hybridized carbons (Fsp3) is 0.167. The molecule has 154 valence electrons. The van der Waals surface area contributed by atoms with Gasteiger partial charge in [-0.1, -0.05) is 6.92 Å². The lowest BCUT2D eigenvalue weighted by Gasteiger charge is -2.05. The van der Waals surface area contributed by atoms with Gasteiger partial charge in [0.2, 0.25) is 5.78 Å². The summed E-state index contributed by atoms with van der Waals surface area (Å²) in [6, 6.07) is 15.5. The molecular weight excluding hydrogens is 449 g/mol. The predicted octanol–water partition coefficient (Wildman–Crippen LogP) is 1.57. The minimum absolute atomic E-state index is 0. The molecule has 0 spiro atoms. The summed E-state index contributed by atoms with van der Waals surface area (Å²) in [6.07, 6.45) is 6.48. The summed E-state index contributed by atoms with van der Waals surface area (Å²) < 4.78 is 26.4. The van der Waals surface area contributed by atoms with E-state index in [0.29, 0.717) is 36.0 Å². The van der Waals surface area contributed by atoms with E-state index in [2.05, 4.69) is 0 Å². The Kier molecular flexibility index (Phi) is 7.00. The molecule has 6 heteroatoms. The number of fused-ring (bicyclic) bond motifs is 1. The van der Waals surface area contributed by atoms with E-state index >= 15 is 0 Å². The van der Waals surface area contributed by atoms with Gasteiger partial charge in [0.05, 0.1) is 12.2 Å². The van der Waals surface area contributed by atoms with Gasteiger partial charge in [0.25, 0.3) is 0 Å². The molecule has 2 aromatic carbocycles. The average molecular weight is 470 g/mol. The van der Waals surface area contributed by atoms with E-state index in [1.807, 2.05) is 36.0 Å². The Hall–Kier alpha value is -2.99. The van der Waals surface area contributed by atoms with E-state index in [1.54, 1.807) is 36.4 Å². The van der Waals surface area contributed by atoms with E-state index in [9.17, 15) is 9.18 Å². The Morgan fingerprint density at radius 2 is 1.80 bits per heavy atom. The number of aromatic nitrogens is 1. The van der Waals surface area contributed by atoms with Crippen LogP contribution in [0.3, 0.4) is 0 Å². The molecule has 30 heavy (non-hydrogen) atoms. The zero-order chi connectivity index (χ0) is 20.2. The van der Waals surface area contributed by atoms with Crippen molar-refractivity contribution < 1.29 is 40.2 Å². The summed E-state index contributed by atoms with van der Waals surface area (Å²) in [5.41, 5.74) is 2.41. The van der Waals surface area contributed by atoms with Gasteiger partial charge in [-0.25, -0.2) is 8.96 Å². The predicted molar refractivity (Wildman–Crippen MR) is 107 cm³/mol.